The summed E-state index contributed by atoms with van der Waals surface area (Å²) in [6.07, 6.45) is 9.55. The Bertz CT molecular complexity index is 849. The van der Waals surface area contributed by atoms with E-state index >= 15 is 0 Å². The molecular weight excluding hydrogens is 348 g/mol. The first-order valence-electron chi connectivity index (χ1n) is 10.0. The van der Waals surface area contributed by atoms with Crippen LogP contribution in [0.25, 0.3) is 6.08 Å². The van der Waals surface area contributed by atoms with Crippen molar-refractivity contribution in [2.24, 2.45) is 5.73 Å². The van der Waals surface area contributed by atoms with Gasteiger partial charge in [0.25, 0.3) is 0 Å². The van der Waals surface area contributed by atoms with E-state index in [-0.39, 0.29) is 11.5 Å². The second-order valence-corrected chi connectivity index (χ2v) is 7.33. The van der Waals surface area contributed by atoms with E-state index in [0.29, 0.717) is 12.5 Å². The van der Waals surface area contributed by atoms with Gasteiger partial charge in [0, 0.05) is 25.3 Å². The summed E-state index contributed by atoms with van der Waals surface area (Å²) < 4.78 is 0. The number of nitrogens with zero attached hydrogens (tertiary/aromatic N) is 1. The lowest BCUT2D eigenvalue weighted by molar-refractivity contribution is 0.269. The summed E-state index contributed by atoms with van der Waals surface area (Å²) in [6.45, 7) is 4.78. The molecule has 1 fully saturated rings. The van der Waals surface area contributed by atoms with Crippen molar-refractivity contribution in [3.8, 4) is 11.5 Å². The SMILES string of the molecule is CC/C=C(\C=C\c1ccc(O)c(O)c1)N1CCC(c2cccc(CN)c2)CC1. The smallest absolute Gasteiger partial charge is 0.157 e. The van der Waals surface area contributed by atoms with Gasteiger partial charge in [-0.3, -0.25) is 0 Å². The van der Waals surface area contributed by atoms with Gasteiger partial charge in [-0.2, -0.15) is 0 Å². The third-order valence-electron chi connectivity index (χ3n) is 5.38. The molecule has 0 aliphatic carbocycles. The molecular formula is C24H30N2O2. The van der Waals surface area contributed by atoms with Gasteiger partial charge in [-0.05, 0) is 60.1 Å². The number of aromatic hydroxyl groups is 2. The first-order chi connectivity index (χ1) is 13.6. The Labute approximate surface area is 167 Å². The van der Waals surface area contributed by atoms with E-state index in [1.165, 1.54) is 22.9 Å². The minimum atomic E-state index is -0.0951. The monoisotopic (exact) mass is 378 g/mol. The molecule has 2 aromatic rings. The van der Waals surface area contributed by atoms with Gasteiger partial charge < -0.3 is 20.8 Å². The minimum Gasteiger partial charge on any atom is -0.504 e. The van der Waals surface area contributed by atoms with Crippen LogP contribution < -0.4 is 5.73 Å². The van der Waals surface area contributed by atoms with E-state index in [1.54, 1.807) is 12.1 Å². The Hall–Kier alpha value is -2.72. The Morgan fingerprint density at radius 3 is 2.57 bits per heavy atom. The van der Waals surface area contributed by atoms with Crippen molar-refractivity contribution in [3.05, 3.63) is 77.0 Å². The van der Waals surface area contributed by atoms with Gasteiger partial charge >= 0.3 is 0 Å². The zero-order valence-corrected chi connectivity index (χ0v) is 16.5. The molecule has 1 aliphatic heterocycles. The molecule has 148 valence electrons. The highest BCUT2D eigenvalue weighted by molar-refractivity contribution is 5.57. The van der Waals surface area contributed by atoms with E-state index in [0.717, 1.165) is 37.9 Å². The summed E-state index contributed by atoms with van der Waals surface area (Å²) in [7, 11) is 0. The molecule has 0 radical (unpaired) electrons. The molecule has 0 bridgehead atoms. The van der Waals surface area contributed by atoms with Crippen LogP contribution in [0.3, 0.4) is 0 Å². The highest BCUT2D eigenvalue weighted by Crippen LogP contribution is 2.31. The van der Waals surface area contributed by atoms with E-state index in [1.807, 2.05) is 6.08 Å². The average Bonchev–Trinajstić information content (AvgIpc) is 2.73. The maximum absolute atomic E-state index is 9.68. The van der Waals surface area contributed by atoms with Crippen molar-refractivity contribution in [3.63, 3.8) is 0 Å². The standard InChI is InChI=1S/C24H30N2O2/c1-2-4-22(9-7-18-8-10-23(27)24(28)16-18)26-13-11-20(12-14-26)21-6-3-5-19(15-21)17-25/h3-10,15-16,20,27-28H,2,11-14,17,25H2,1H3/b9-7+,22-4+. The second-order valence-electron chi connectivity index (χ2n) is 7.33. The number of hydrogen-bond donors (Lipinski definition) is 3. The molecule has 0 aromatic heterocycles. The van der Waals surface area contributed by atoms with Crippen LogP contribution in [0.4, 0.5) is 0 Å². The van der Waals surface area contributed by atoms with Crippen molar-refractivity contribution in [2.75, 3.05) is 13.1 Å². The quantitative estimate of drug-likeness (QED) is 0.501. The first-order valence-corrected chi connectivity index (χ1v) is 10.0. The lowest BCUT2D eigenvalue weighted by Gasteiger charge is -2.34. The highest BCUT2D eigenvalue weighted by atomic mass is 16.3. The molecule has 1 heterocycles. The molecule has 0 spiro atoms. The summed E-state index contributed by atoms with van der Waals surface area (Å²) >= 11 is 0. The van der Waals surface area contributed by atoms with Crippen LogP contribution in [0.5, 0.6) is 11.5 Å². The van der Waals surface area contributed by atoms with E-state index in [2.05, 4.69) is 48.2 Å². The number of rotatable bonds is 6. The van der Waals surface area contributed by atoms with E-state index < -0.39 is 0 Å². The van der Waals surface area contributed by atoms with Crippen molar-refractivity contribution in [1.29, 1.82) is 0 Å². The number of hydrogen-bond acceptors (Lipinski definition) is 4. The molecule has 0 amide bonds. The normalized spacial score (nSPS) is 16.1. The average molecular weight is 379 g/mol. The highest BCUT2D eigenvalue weighted by Gasteiger charge is 2.21. The summed E-state index contributed by atoms with van der Waals surface area (Å²) in [5, 5.41) is 19.1. The van der Waals surface area contributed by atoms with Gasteiger partial charge in [-0.15, -0.1) is 0 Å². The van der Waals surface area contributed by atoms with Gasteiger partial charge in [0.05, 0.1) is 0 Å². The number of phenolic OH excluding ortho intramolecular Hbond substituents is 2. The molecule has 0 unspecified atom stereocenters. The predicted molar refractivity (Wildman–Crippen MR) is 115 cm³/mol. The van der Waals surface area contributed by atoms with Crippen LogP contribution in [0.1, 0.15) is 48.8 Å². The zero-order valence-electron chi connectivity index (χ0n) is 16.5. The maximum atomic E-state index is 9.68. The number of allylic oxidation sites excluding steroid dienone is 2. The fourth-order valence-corrected chi connectivity index (χ4v) is 3.78. The molecule has 1 saturated heterocycles. The van der Waals surface area contributed by atoms with Gasteiger partial charge in [-0.1, -0.05) is 49.4 Å². The second kappa shape index (κ2) is 9.47. The third-order valence-corrected chi connectivity index (χ3v) is 5.38. The van der Waals surface area contributed by atoms with Crippen LogP contribution in [-0.2, 0) is 6.54 Å². The third kappa shape index (κ3) is 4.96. The number of benzene rings is 2. The number of phenols is 2. The van der Waals surface area contributed by atoms with Crippen LogP contribution in [-0.4, -0.2) is 28.2 Å². The van der Waals surface area contributed by atoms with Crippen LogP contribution in [0.2, 0.25) is 0 Å². The Balaban J connectivity index is 1.66. The molecule has 4 nitrogen and oxygen atoms in total. The Morgan fingerprint density at radius 1 is 1.11 bits per heavy atom. The van der Waals surface area contributed by atoms with Crippen LogP contribution in [0, 0.1) is 0 Å². The van der Waals surface area contributed by atoms with Gasteiger partial charge in [0.1, 0.15) is 0 Å². The molecule has 4 heteroatoms. The van der Waals surface area contributed by atoms with E-state index in [9.17, 15) is 10.2 Å². The number of nitrogens with two attached hydrogens (primary N) is 1. The fourth-order valence-electron chi connectivity index (χ4n) is 3.78. The number of piperidine rings is 1. The molecule has 28 heavy (non-hydrogen) atoms. The van der Waals surface area contributed by atoms with Gasteiger partial charge in [0.2, 0.25) is 0 Å². The lowest BCUT2D eigenvalue weighted by Crippen LogP contribution is -2.31. The van der Waals surface area contributed by atoms with Crippen molar-refractivity contribution in [1.82, 2.24) is 4.90 Å². The van der Waals surface area contributed by atoms with Gasteiger partial charge in [-0.25, -0.2) is 0 Å². The summed E-state index contributed by atoms with van der Waals surface area (Å²) in [4.78, 5) is 2.43. The van der Waals surface area contributed by atoms with Crippen molar-refractivity contribution in [2.45, 2.75) is 38.6 Å². The minimum absolute atomic E-state index is 0.0938. The summed E-state index contributed by atoms with van der Waals surface area (Å²) in [5.74, 6) is 0.398. The maximum Gasteiger partial charge on any atom is 0.157 e. The molecule has 0 atom stereocenters. The molecule has 4 N–H and O–H groups in total. The Kier molecular flexibility index (Phi) is 6.77. The summed E-state index contributed by atoms with van der Waals surface area (Å²) in [5.41, 5.74) is 10.5. The van der Waals surface area contributed by atoms with Crippen LogP contribution >= 0.6 is 0 Å². The molecule has 3 rings (SSSR count). The van der Waals surface area contributed by atoms with Crippen molar-refractivity contribution >= 4 is 6.08 Å². The molecule has 0 saturated carbocycles. The molecule has 2 aromatic carbocycles. The zero-order chi connectivity index (χ0) is 19.9. The predicted octanol–water partition coefficient (Wildman–Crippen LogP) is 4.74. The first kappa shape index (κ1) is 20.0. The number of likely N-dealkylation sites (tertiary alicyclic amines) is 1. The topological polar surface area (TPSA) is 69.7 Å². The Morgan fingerprint density at radius 2 is 1.89 bits per heavy atom. The van der Waals surface area contributed by atoms with E-state index in [4.69, 9.17) is 5.73 Å². The van der Waals surface area contributed by atoms with Gasteiger partial charge in [0.15, 0.2) is 11.5 Å². The van der Waals surface area contributed by atoms with Crippen molar-refractivity contribution < 1.29 is 10.2 Å². The van der Waals surface area contributed by atoms with Crippen LogP contribution in [0.15, 0.2) is 60.3 Å². The molecule has 1 aliphatic rings. The lowest BCUT2D eigenvalue weighted by atomic mass is 9.88. The summed E-state index contributed by atoms with van der Waals surface area (Å²) in [6, 6.07) is 13.6. The fraction of sp³-hybridized carbons (Fsp3) is 0.333. The largest absolute Gasteiger partial charge is 0.504 e.